The van der Waals surface area contributed by atoms with Gasteiger partial charge in [-0.25, -0.2) is 4.98 Å². The summed E-state index contributed by atoms with van der Waals surface area (Å²) in [6, 6.07) is 12.0. The number of nitriles is 1. The number of Topliss-reactive ketones (excluding diaryl/α,β-unsaturated/α-hetero) is 1. The van der Waals surface area contributed by atoms with Crippen molar-refractivity contribution in [1.29, 1.82) is 5.26 Å². The lowest BCUT2D eigenvalue weighted by Crippen LogP contribution is -1.94. The second-order valence-electron chi connectivity index (χ2n) is 3.65. The highest BCUT2D eigenvalue weighted by Crippen LogP contribution is 2.23. The fourth-order valence-corrected chi connectivity index (χ4v) is 1.45. The van der Waals surface area contributed by atoms with E-state index in [-0.39, 0.29) is 11.7 Å². The Morgan fingerprint density at radius 2 is 2.17 bits per heavy atom. The molecule has 2 rings (SSSR count). The molecule has 0 bridgehead atoms. The van der Waals surface area contributed by atoms with E-state index in [1.807, 2.05) is 6.07 Å². The maximum atomic E-state index is 11.2. The molecule has 0 aliphatic heterocycles. The van der Waals surface area contributed by atoms with Crippen LogP contribution >= 0.6 is 0 Å². The molecule has 0 atom stereocenters. The molecule has 1 aromatic heterocycles. The van der Waals surface area contributed by atoms with Crippen LogP contribution in [-0.4, -0.2) is 10.8 Å². The highest BCUT2D eigenvalue weighted by atomic mass is 16.5. The zero-order chi connectivity index (χ0) is 13.0. The summed E-state index contributed by atoms with van der Waals surface area (Å²) >= 11 is 0. The van der Waals surface area contributed by atoms with E-state index in [4.69, 9.17) is 10.00 Å². The van der Waals surface area contributed by atoms with Crippen molar-refractivity contribution in [2.45, 2.75) is 6.92 Å². The molecule has 0 saturated carbocycles. The van der Waals surface area contributed by atoms with Gasteiger partial charge in [-0.3, -0.25) is 4.79 Å². The van der Waals surface area contributed by atoms with Crippen molar-refractivity contribution >= 4 is 5.78 Å². The van der Waals surface area contributed by atoms with E-state index in [0.717, 1.165) is 0 Å². The zero-order valence-corrected chi connectivity index (χ0v) is 9.75. The predicted molar refractivity (Wildman–Crippen MR) is 65.5 cm³/mol. The van der Waals surface area contributed by atoms with Crippen molar-refractivity contribution < 1.29 is 9.53 Å². The lowest BCUT2D eigenvalue weighted by molar-refractivity contribution is 0.101. The van der Waals surface area contributed by atoms with Gasteiger partial charge in [0.2, 0.25) is 5.88 Å². The topological polar surface area (TPSA) is 63.0 Å². The Hall–Kier alpha value is -2.67. The van der Waals surface area contributed by atoms with Gasteiger partial charge in [0.25, 0.3) is 0 Å². The average Bonchev–Trinajstić information content (AvgIpc) is 2.39. The molecule has 1 heterocycles. The molecular weight excluding hydrogens is 228 g/mol. The van der Waals surface area contributed by atoms with Crippen LogP contribution in [0.1, 0.15) is 22.8 Å². The standard InChI is InChI=1S/C14H10N2O2/c1-10(17)11-4-2-6-13(8-11)18-14-12(9-15)5-3-7-16-14/h2-8H,1H3. The van der Waals surface area contributed by atoms with Crippen LogP contribution in [0.25, 0.3) is 0 Å². The molecule has 2 aromatic rings. The monoisotopic (exact) mass is 238 g/mol. The molecular formula is C14H10N2O2. The van der Waals surface area contributed by atoms with Crippen LogP contribution < -0.4 is 4.74 Å². The molecule has 0 radical (unpaired) electrons. The normalized spacial score (nSPS) is 9.56. The molecule has 1 aromatic carbocycles. The fourth-order valence-electron chi connectivity index (χ4n) is 1.45. The molecule has 0 aliphatic rings. The molecule has 4 nitrogen and oxygen atoms in total. The summed E-state index contributed by atoms with van der Waals surface area (Å²) in [5.41, 5.74) is 0.910. The summed E-state index contributed by atoms with van der Waals surface area (Å²) in [6.07, 6.45) is 1.55. The number of carbonyl (C=O) groups excluding carboxylic acids is 1. The van der Waals surface area contributed by atoms with Crippen LogP contribution in [0.5, 0.6) is 11.6 Å². The van der Waals surface area contributed by atoms with E-state index < -0.39 is 0 Å². The first kappa shape index (κ1) is 11.8. The van der Waals surface area contributed by atoms with Gasteiger partial charge in [-0.15, -0.1) is 0 Å². The van der Waals surface area contributed by atoms with E-state index in [1.165, 1.54) is 6.92 Å². The first-order valence-corrected chi connectivity index (χ1v) is 5.34. The highest BCUT2D eigenvalue weighted by molar-refractivity contribution is 5.94. The van der Waals surface area contributed by atoms with Gasteiger partial charge in [-0.05, 0) is 31.2 Å². The quantitative estimate of drug-likeness (QED) is 0.771. The summed E-state index contributed by atoms with van der Waals surface area (Å²) in [5, 5.41) is 8.92. The molecule has 0 saturated heterocycles. The summed E-state index contributed by atoms with van der Waals surface area (Å²) in [7, 11) is 0. The number of aromatic nitrogens is 1. The van der Waals surface area contributed by atoms with Crippen LogP contribution in [0.3, 0.4) is 0 Å². The van der Waals surface area contributed by atoms with E-state index in [2.05, 4.69) is 4.98 Å². The maximum Gasteiger partial charge on any atom is 0.237 e. The smallest absolute Gasteiger partial charge is 0.237 e. The van der Waals surface area contributed by atoms with E-state index in [9.17, 15) is 4.79 Å². The fraction of sp³-hybridized carbons (Fsp3) is 0.0714. The van der Waals surface area contributed by atoms with Crippen molar-refractivity contribution in [1.82, 2.24) is 4.98 Å². The number of ketones is 1. The summed E-state index contributed by atoms with van der Waals surface area (Å²) in [4.78, 5) is 15.2. The molecule has 0 amide bonds. The third kappa shape index (κ3) is 2.53. The van der Waals surface area contributed by atoms with Crippen LogP contribution in [-0.2, 0) is 0 Å². The van der Waals surface area contributed by atoms with Gasteiger partial charge >= 0.3 is 0 Å². The van der Waals surface area contributed by atoms with Crippen LogP contribution in [0.2, 0.25) is 0 Å². The summed E-state index contributed by atoms with van der Waals surface area (Å²) < 4.78 is 5.51. The third-order valence-electron chi connectivity index (χ3n) is 2.35. The first-order chi connectivity index (χ1) is 8.70. The second-order valence-corrected chi connectivity index (χ2v) is 3.65. The minimum absolute atomic E-state index is 0.0398. The maximum absolute atomic E-state index is 11.2. The Morgan fingerprint density at radius 3 is 2.89 bits per heavy atom. The SMILES string of the molecule is CC(=O)c1cccc(Oc2ncccc2C#N)c1. The molecule has 0 spiro atoms. The van der Waals surface area contributed by atoms with Gasteiger partial charge in [0.1, 0.15) is 17.4 Å². The van der Waals surface area contributed by atoms with Gasteiger partial charge in [-0.2, -0.15) is 5.26 Å². The van der Waals surface area contributed by atoms with E-state index >= 15 is 0 Å². The Kier molecular flexibility index (Phi) is 3.35. The molecule has 88 valence electrons. The number of hydrogen-bond acceptors (Lipinski definition) is 4. The number of benzene rings is 1. The van der Waals surface area contributed by atoms with Gasteiger partial charge in [0.15, 0.2) is 5.78 Å². The van der Waals surface area contributed by atoms with Crippen LogP contribution in [0, 0.1) is 11.3 Å². The van der Waals surface area contributed by atoms with Crippen molar-refractivity contribution in [2.75, 3.05) is 0 Å². The van der Waals surface area contributed by atoms with Crippen LogP contribution in [0.4, 0.5) is 0 Å². The summed E-state index contributed by atoms with van der Waals surface area (Å²) in [5.74, 6) is 0.681. The Balaban J connectivity index is 2.32. The summed E-state index contributed by atoms with van der Waals surface area (Å²) in [6.45, 7) is 1.49. The molecule has 0 N–H and O–H groups in total. The predicted octanol–water partition coefficient (Wildman–Crippen LogP) is 2.95. The first-order valence-electron chi connectivity index (χ1n) is 5.34. The Labute approximate surface area is 104 Å². The number of ether oxygens (including phenoxy) is 1. The largest absolute Gasteiger partial charge is 0.438 e. The molecule has 0 fully saturated rings. The van der Waals surface area contributed by atoms with Gasteiger partial charge in [0.05, 0.1) is 0 Å². The third-order valence-corrected chi connectivity index (χ3v) is 2.35. The Bertz CT molecular complexity index is 630. The lowest BCUT2D eigenvalue weighted by atomic mass is 10.1. The number of hydrogen-bond donors (Lipinski definition) is 0. The van der Waals surface area contributed by atoms with Crippen molar-refractivity contribution in [3.05, 3.63) is 53.7 Å². The number of carbonyl (C=O) groups is 1. The molecule has 0 unspecified atom stereocenters. The Morgan fingerprint density at radius 1 is 1.33 bits per heavy atom. The minimum atomic E-state index is -0.0398. The molecule has 4 heteroatoms. The van der Waals surface area contributed by atoms with E-state index in [0.29, 0.717) is 16.9 Å². The minimum Gasteiger partial charge on any atom is -0.438 e. The zero-order valence-electron chi connectivity index (χ0n) is 9.75. The van der Waals surface area contributed by atoms with Crippen molar-refractivity contribution in [3.8, 4) is 17.7 Å². The molecule has 0 aliphatic carbocycles. The van der Waals surface area contributed by atoms with Gasteiger partial charge < -0.3 is 4.74 Å². The number of pyridine rings is 1. The number of nitrogens with zero attached hydrogens (tertiary/aromatic N) is 2. The highest BCUT2D eigenvalue weighted by Gasteiger charge is 2.06. The lowest BCUT2D eigenvalue weighted by Gasteiger charge is -2.06. The van der Waals surface area contributed by atoms with Gasteiger partial charge in [0, 0.05) is 11.8 Å². The molecule has 18 heavy (non-hydrogen) atoms. The van der Waals surface area contributed by atoms with Crippen LogP contribution in [0.15, 0.2) is 42.6 Å². The van der Waals surface area contributed by atoms with Gasteiger partial charge in [-0.1, -0.05) is 12.1 Å². The van der Waals surface area contributed by atoms with Crippen molar-refractivity contribution in [3.63, 3.8) is 0 Å². The second kappa shape index (κ2) is 5.11. The van der Waals surface area contributed by atoms with Crippen molar-refractivity contribution in [2.24, 2.45) is 0 Å². The average molecular weight is 238 g/mol. The number of rotatable bonds is 3. The van der Waals surface area contributed by atoms with E-state index in [1.54, 1.807) is 42.6 Å².